The standard InChI is InChI=1S/C54H92O15/c1-3-5-7-9-11-13-15-17-19-20-21-22-23-25-27-29-31-33-35-37-46(57)67-42(39-64-45(56)36-34-32-30-28-26-24-18-16-14-12-10-8-6-4-2)40-65-53-52(63)50(61)48(59)44(69-53)41-66-54-51(62)49(60)47(58)43(38-55)68-54/h5,7,11,13,17,19,21-22,25,27,42-44,47-55,58-63H,3-4,6,8-10,12,14-16,18,20,23-24,26,28-41H2,1-2H3/b7-5-,13-11-,19-17-,22-21-,27-25-. The number of rotatable bonds is 40. The van der Waals surface area contributed by atoms with Crippen LogP contribution in [0.1, 0.15) is 174 Å². The Labute approximate surface area is 413 Å². The van der Waals surface area contributed by atoms with Crippen molar-refractivity contribution in [3.63, 3.8) is 0 Å². The first-order valence-electron chi connectivity index (χ1n) is 26.4. The summed E-state index contributed by atoms with van der Waals surface area (Å²) in [6.45, 7) is 2.44. The number of carbonyl (C=O) groups excluding carboxylic acids is 2. The number of hydrogen-bond donors (Lipinski definition) is 7. The van der Waals surface area contributed by atoms with E-state index in [2.05, 4.69) is 74.6 Å². The van der Waals surface area contributed by atoms with Gasteiger partial charge in [-0.15, -0.1) is 0 Å². The fourth-order valence-electron chi connectivity index (χ4n) is 7.95. The van der Waals surface area contributed by atoms with Gasteiger partial charge in [-0.25, -0.2) is 0 Å². The second-order valence-electron chi connectivity index (χ2n) is 18.3. The molecule has 0 aromatic heterocycles. The number of allylic oxidation sites excluding steroid dienone is 10. The highest BCUT2D eigenvalue weighted by molar-refractivity contribution is 5.70. The zero-order valence-electron chi connectivity index (χ0n) is 42.0. The number of carbonyl (C=O) groups is 2. The van der Waals surface area contributed by atoms with Gasteiger partial charge in [0.05, 0.1) is 19.8 Å². The third-order valence-electron chi connectivity index (χ3n) is 12.3. The highest BCUT2D eigenvalue weighted by Crippen LogP contribution is 2.26. The summed E-state index contributed by atoms with van der Waals surface area (Å²) in [6, 6.07) is 0. The summed E-state index contributed by atoms with van der Waals surface area (Å²) in [5, 5.41) is 72.1. The quantitative estimate of drug-likeness (QED) is 0.0178. The van der Waals surface area contributed by atoms with E-state index >= 15 is 0 Å². The van der Waals surface area contributed by atoms with Crippen LogP contribution in [0.3, 0.4) is 0 Å². The Morgan fingerprint density at radius 1 is 0.478 bits per heavy atom. The second kappa shape index (κ2) is 40.8. The van der Waals surface area contributed by atoms with Gasteiger partial charge in [0, 0.05) is 12.8 Å². The molecule has 7 N–H and O–H groups in total. The number of ether oxygens (including phenoxy) is 6. The van der Waals surface area contributed by atoms with Gasteiger partial charge in [0.2, 0.25) is 0 Å². The van der Waals surface area contributed by atoms with E-state index in [1.54, 1.807) is 0 Å². The van der Waals surface area contributed by atoms with E-state index in [9.17, 15) is 45.3 Å². The van der Waals surface area contributed by atoms with Crippen molar-refractivity contribution in [3.05, 3.63) is 60.8 Å². The lowest BCUT2D eigenvalue weighted by molar-refractivity contribution is -0.332. The number of unbranched alkanes of at least 4 members (excludes halogenated alkanes) is 16. The van der Waals surface area contributed by atoms with E-state index in [1.807, 2.05) is 0 Å². The number of aliphatic hydroxyl groups excluding tert-OH is 7. The Bertz CT molecular complexity index is 1430. The van der Waals surface area contributed by atoms with Crippen molar-refractivity contribution in [1.29, 1.82) is 0 Å². The molecule has 0 saturated carbocycles. The maximum Gasteiger partial charge on any atom is 0.306 e. The van der Waals surface area contributed by atoms with Crippen LogP contribution in [0, 0.1) is 0 Å². The lowest BCUT2D eigenvalue weighted by atomic mass is 9.98. The molecule has 11 unspecified atom stereocenters. The van der Waals surface area contributed by atoms with Gasteiger partial charge in [-0.3, -0.25) is 9.59 Å². The number of aliphatic hydroxyl groups is 7. The van der Waals surface area contributed by atoms with Crippen molar-refractivity contribution >= 4 is 11.9 Å². The first kappa shape index (κ1) is 62.3. The third kappa shape index (κ3) is 28.7. The fourth-order valence-corrected chi connectivity index (χ4v) is 7.95. The van der Waals surface area contributed by atoms with Gasteiger partial charge in [-0.2, -0.15) is 0 Å². The fraction of sp³-hybridized carbons (Fsp3) is 0.778. The average Bonchev–Trinajstić information content (AvgIpc) is 3.34. The molecule has 69 heavy (non-hydrogen) atoms. The van der Waals surface area contributed by atoms with Crippen LogP contribution in [0.25, 0.3) is 0 Å². The number of hydrogen-bond acceptors (Lipinski definition) is 15. The Hall–Kier alpha value is -2.80. The van der Waals surface area contributed by atoms with Gasteiger partial charge >= 0.3 is 11.9 Å². The van der Waals surface area contributed by atoms with Crippen LogP contribution in [0.2, 0.25) is 0 Å². The molecule has 0 amide bonds. The Balaban J connectivity index is 1.82. The molecule has 15 nitrogen and oxygen atoms in total. The SMILES string of the molecule is CC/C=C\C/C=C\C/C=C\C/C=C\C/C=C\CCCCCC(=O)OC(COC(=O)CCCCCCCCCCCCCCCC)COC1OC(COC2OC(CO)C(O)C(O)C2O)C(O)C(O)C1O. The third-order valence-corrected chi connectivity index (χ3v) is 12.3. The molecule has 0 aliphatic carbocycles. The maximum absolute atomic E-state index is 13.0. The molecule has 0 spiro atoms. The van der Waals surface area contributed by atoms with Gasteiger partial charge in [0.1, 0.15) is 55.4 Å². The molecule has 2 aliphatic heterocycles. The van der Waals surface area contributed by atoms with E-state index in [-0.39, 0.29) is 19.4 Å². The molecule has 0 bridgehead atoms. The van der Waals surface area contributed by atoms with Crippen LogP contribution < -0.4 is 0 Å². The summed E-state index contributed by atoms with van der Waals surface area (Å²) < 4.78 is 33.6. The summed E-state index contributed by atoms with van der Waals surface area (Å²) in [7, 11) is 0. The van der Waals surface area contributed by atoms with E-state index < -0.39 is 99.3 Å². The van der Waals surface area contributed by atoms with Crippen LogP contribution in [0.5, 0.6) is 0 Å². The van der Waals surface area contributed by atoms with Crippen molar-refractivity contribution in [2.75, 3.05) is 26.4 Å². The van der Waals surface area contributed by atoms with Crippen LogP contribution in [0.4, 0.5) is 0 Å². The zero-order valence-corrected chi connectivity index (χ0v) is 42.0. The maximum atomic E-state index is 13.0. The van der Waals surface area contributed by atoms with Crippen molar-refractivity contribution in [2.24, 2.45) is 0 Å². The monoisotopic (exact) mass is 981 g/mol. The van der Waals surface area contributed by atoms with Gasteiger partial charge in [-0.05, 0) is 57.8 Å². The smallest absolute Gasteiger partial charge is 0.306 e. The van der Waals surface area contributed by atoms with Gasteiger partial charge in [0.25, 0.3) is 0 Å². The molecule has 2 saturated heterocycles. The van der Waals surface area contributed by atoms with E-state index in [0.29, 0.717) is 12.8 Å². The normalized spacial score (nSPS) is 26.0. The van der Waals surface area contributed by atoms with E-state index in [4.69, 9.17) is 28.4 Å². The Kier molecular flexibility index (Phi) is 36.8. The molecular weight excluding hydrogens is 889 g/mol. The Morgan fingerprint density at radius 3 is 1.43 bits per heavy atom. The minimum absolute atomic E-state index is 0.125. The molecule has 2 aliphatic rings. The van der Waals surface area contributed by atoms with Crippen molar-refractivity contribution < 1.29 is 73.8 Å². The molecule has 15 heteroatoms. The largest absolute Gasteiger partial charge is 0.462 e. The highest BCUT2D eigenvalue weighted by atomic mass is 16.7. The van der Waals surface area contributed by atoms with Crippen LogP contribution >= 0.6 is 0 Å². The predicted octanol–water partition coefficient (Wildman–Crippen LogP) is 7.66. The zero-order chi connectivity index (χ0) is 50.3. The molecular formula is C54H92O15. The van der Waals surface area contributed by atoms with Crippen LogP contribution in [-0.2, 0) is 38.0 Å². The molecule has 0 aromatic rings. The molecule has 0 aromatic carbocycles. The second-order valence-corrected chi connectivity index (χ2v) is 18.3. The van der Waals surface area contributed by atoms with Crippen molar-refractivity contribution in [1.82, 2.24) is 0 Å². The summed E-state index contributed by atoms with van der Waals surface area (Å²) in [6.07, 6.45) is 29.6. The minimum atomic E-state index is -1.77. The predicted molar refractivity (Wildman–Crippen MR) is 266 cm³/mol. The lowest BCUT2D eigenvalue weighted by Crippen LogP contribution is -2.61. The minimum Gasteiger partial charge on any atom is -0.462 e. The molecule has 11 atom stereocenters. The lowest BCUT2D eigenvalue weighted by Gasteiger charge is -2.42. The summed E-state index contributed by atoms with van der Waals surface area (Å²) >= 11 is 0. The van der Waals surface area contributed by atoms with Crippen molar-refractivity contribution in [2.45, 2.75) is 242 Å². The molecule has 398 valence electrons. The molecule has 2 rings (SSSR count). The van der Waals surface area contributed by atoms with Gasteiger partial charge in [-0.1, -0.05) is 164 Å². The van der Waals surface area contributed by atoms with Crippen LogP contribution in [0.15, 0.2) is 60.8 Å². The Morgan fingerprint density at radius 2 is 0.913 bits per heavy atom. The highest BCUT2D eigenvalue weighted by Gasteiger charge is 2.47. The molecule has 0 radical (unpaired) electrons. The molecule has 2 fully saturated rings. The van der Waals surface area contributed by atoms with Crippen LogP contribution in [-0.4, -0.2) is 142 Å². The summed E-state index contributed by atoms with van der Waals surface area (Å²) in [5.74, 6) is -0.962. The van der Waals surface area contributed by atoms with Crippen molar-refractivity contribution in [3.8, 4) is 0 Å². The average molecular weight is 981 g/mol. The van der Waals surface area contributed by atoms with E-state index in [1.165, 1.54) is 64.2 Å². The van der Waals surface area contributed by atoms with E-state index in [0.717, 1.165) is 70.6 Å². The summed E-state index contributed by atoms with van der Waals surface area (Å²) in [5.41, 5.74) is 0. The molecule has 2 heterocycles. The van der Waals surface area contributed by atoms with Gasteiger partial charge in [0.15, 0.2) is 18.7 Å². The topological polar surface area (TPSA) is 231 Å². The first-order valence-corrected chi connectivity index (χ1v) is 26.4. The summed E-state index contributed by atoms with van der Waals surface area (Å²) in [4.78, 5) is 25.8. The van der Waals surface area contributed by atoms with Gasteiger partial charge < -0.3 is 64.2 Å². The first-order chi connectivity index (χ1) is 33.5. The number of esters is 2.